The molecule has 1 aliphatic rings. The first-order valence-corrected chi connectivity index (χ1v) is 9.00. The first-order chi connectivity index (χ1) is 12.3. The normalized spacial score (nSPS) is 17.7. The molecule has 1 aromatic carbocycles. The van der Waals surface area contributed by atoms with Gasteiger partial charge in [0.05, 0.1) is 25.4 Å². The molecule has 1 aliphatic heterocycles. The van der Waals surface area contributed by atoms with Crippen LogP contribution in [0.25, 0.3) is 0 Å². The molecule has 0 spiro atoms. The van der Waals surface area contributed by atoms with Crippen molar-refractivity contribution in [1.29, 1.82) is 0 Å². The number of aliphatic imine (C=N–C) groups is 1. The monoisotopic (exact) mass is 490 g/mol. The summed E-state index contributed by atoms with van der Waals surface area (Å²) in [5, 5.41) is 3.05. The maximum atomic E-state index is 12.4. The van der Waals surface area contributed by atoms with Crippen LogP contribution in [0, 0.1) is 0 Å². The van der Waals surface area contributed by atoms with E-state index in [2.05, 4.69) is 10.3 Å². The number of nitrogens with zero attached hydrogens (tertiary/aromatic N) is 2. The summed E-state index contributed by atoms with van der Waals surface area (Å²) >= 11 is 0. The zero-order chi connectivity index (χ0) is 19.2. The lowest BCUT2D eigenvalue weighted by Gasteiger charge is -2.36. The third-order valence-electron chi connectivity index (χ3n) is 4.10. The number of para-hydroxylation sites is 2. The van der Waals surface area contributed by atoms with Crippen LogP contribution < -0.4 is 15.8 Å². The predicted molar refractivity (Wildman–Crippen MR) is 119 cm³/mol. The quantitative estimate of drug-likeness (QED) is 0.381. The number of benzene rings is 1. The van der Waals surface area contributed by atoms with Crippen LogP contribution >= 0.6 is 24.0 Å². The first-order valence-electron chi connectivity index (χ1n) is 9.00. The number of hydrogen-bond donors (Lipinski definition) is 2. The Kier molecular flexibility index (Phi) is 9.14. The van der Waals surface area contributed by atoms with Crippen LogP contribution in [-0.2, 0) is 4.74 Å². The molecule has 0 aromatic heterocycles. The van der Waals surface area contributed by atoms with E-state index in [-0.39, 0.29) is 36.1 Å². The Labute approximate surface area is 178 Å². The highest BCUT2D eigenvalue weighted by molar-refractivity contribution is 14.0. The van der Waals surface area contributed by atoms with Gasteiger partial charge in [-0.2, -0.15) is 0 Å². The number of halogens is 1. The van der Waals surface area contributed by atoms with Gasteiger partial charge in [0.15, 0.2) is 5.96 Å². The van der Waals surface area contributed by atoms with E-state index in [4.69, 9.17) is 15.2 Å². The summed E-state index contributed by atoms with van der Waals surface area (Å²) in [7, 11) is 1.61. The fraction of sp³-hybridized carbons (Fsp3) is 0.579. The first kappa shape index (κ1) is 23.3. The van der Waals surface area contributed by atoms with Crippen molar-refractivity contribution < 1.29 is 14.3 Å². The summed E-state index contributed by atoms with van der Waals surface area (Å²) in [6, 6.07) is 7.49. The average Bonchev–Trinajstić information content (AvgIpc) is 2.59. The Hall–Kier alpha value is -1.71. The number of hydrogen-bond acceptors (Lipinski definition) is 4. The van der Waals surface area contributed by atoms with Gasteiger partial charge in [-0.05, 0) is 52.2 Å². The average molecular weight is 490 g/mol. The molecule has 1 saturated heterocycles. The van der Waals surface area contributed by atoms with Crippen molar-refractivity contribution in [1.82, 2.24) is 4.90 Å². The minimum atomic E-state index is -0.507. The summed E-state index contributed by atoms with van der Waals surface area (Å²) in [5.41, 5.74) is 6.26. The molecule has 0 aliphatic carbocycles. The second kappa shape index (κ2) is 10.6. The van der Waals surface area contributed by atoms with Crippen molar-refractivity contribution in [2.24, 2.45) is 10.7 Å². The molecule has 0 saturated carbocycles. The van der Waals surface area contributed by atoms with E-state index in [1.165, 1.54) is 0 Å². The Morgan fingerprint density at radius 3 is 2.70 bits per heavy atom. The molecular formula is C19H31IN4O3. The third kappa shape index (κ3) is 7.43. The number of carbonyl (C=O) groups is 1. The van der Waals surface area contributed by atoms with Gasteiger partial charge in [-0.25, -0.2) is 4.79 Å². The molecule has 1 atom stereocenters. The fourth-order valence-electron chi connectivity index (χ4n) is 2.88. The van der Waals surface area contributed by atoms with Gasteiger partial charge in [-0.1, -0.05) is 12.1 Å². The van der Waals surface area contributed by atoms with Gasteiger partial charge in [0.1, 0.15) is 11.4 Å². The second-order valence-electron chi connectivity index (χ2n) is 7.37. The Morgan fingerprint density at radius 2 is 2.04 bits per heavy atom. The number of anilines is 1. The minimum absolute atomic E-state index is 0. The van der Waals surface area contributed by atoms with E-state index in [9.17, 15) is 4.79 Å². The smallest absolute Gasteiger partial charge is 0.410 e. The molecule has 3 N–H and O–H groups in total. The van der Waals surface area contributed by atoms with Crippen molar-refractivity contribution in [3.63, 3.8) is 0 Å². The number of likely N-dealkylation sites (tertiary alicyclic amines) is 1. The highest BCUT2D eigenvalue weighted by Gasteiger charge is 2.30. The summed E-state index contributed by atoms with van der Waals surface area (Å²) in [6.07, 6.45) is 2.66. The van der Waals surface area contributed by atoms with Crippen LogP contribution in [0.5, 0.6) is 5.75 Å². The van der Waals surface area contributed by atoms with E-state index >= 15 is 0 Å². The number of amides is 1. The van der Waals surface area contributed by atoms with Crippen LogP contribution in [0.15, 0.2) is 29.3 Å². The van der Waals surface area contributed by atoms with Crippen LogP contribution in [0.2, 0.25) is 0 Å². The molecule has 1 aromatic rings. The lowest BCUT2D eigenvalue weighted by Crippen LogP contribution is -2.47. The zero-order valence-corrected chi connectivity index (χ0v) is 18.9. The number of ether oxygens (including phenoxy) is 2. The van der Waals surface area contributed by atoms with Gasteiger partial charge in [-0.15, -0.1) is 24.0 Å². The molecule has 152 valence electrons. The van der Waals surface area contributed by atoms with Crippen molar-refractivity contribution in [2.75, 3.05) is 25.5 Å². The van der Waals surface area contributed by atoms with E-state index in [1.807, 2.05) is 45.0 Å². The SMILES string of the molecule is COc1ccccc1NC(N)=NCC1CCCCN1C(=O)OC(C)(C)C.I. The topological polar surface area (TPSA) is 89.2 Å². The maximum Gasteiger partial charge on any atom is 0.410 e. The van der Waals surface area contributed by atoms with Gasteiger partial charge in [0.25, 0.3) is 0 Å². The molecule has 27 heavy (non-hydrogen) atoms. The number of nitrogens with one attached hydrogen (secondary N) is 1. The Bertz CT molecular complexity index is 646. The summed E-state index contributed by atoms with van der Waals surface area (Å²) < 4.78 is 10.8. The van der Waals surface area contributed by atoms with Crippen LogP contribution in [0.1, 0.15) is 40.0 Å². The maximum absolute atomic E-state index is 12.4. The molecule has 0 radical (unpaired) electrons. The van der Waals surface area contributed by atoms with Gasteiger partial charge in [0, 0.05) is 6.54 Å². The predicted octanol–water partition coefficient (Wildman–Crippen LogP) is 3.83. The van der Waals surface area contributed by atoms with E-state index < -0.39 is 5.60 Å². The van der Waals surface area contributed by atoms with Crippen molar-refractivity contribution in [3.05, 3.63) is 24.3 Å². The molecule has 1 heterocycles. The molecule has 7 nitrogen and oxygen atoms in total. The summed E-state index contributed by atoms with van der Waals surface area (Å²) in [5.74, 6) is 0.989. The highest BCUT2D eigenvalue weighted by Crippen LogP contribution is 2.23. The Balaban J connectivity index is 0.00000364. The molecule has 1 amide bonds. The van der Waals surface area contributed by atoms with Crippen LogP contribution in [0.3, 0.4) is 0 Å². The minimum Gasteiger partial charge on any atom is -0.495 e. The standard InChI is InChI=1S/C19H30N4O3.HI/c1-19(2,3)26-18(24)23-12-8-7-9-14(23)13-21-17(20)22-15-10-5-6-11-16(15)25-4;/h5-6,10-11,14H,7-9,12-13H2,1-4H3,(H3,20,21,22);1H. The zero-order valence-electron chi connectivity index (χ0n) is 16.5. The molecular weight excluding hydrogens is 459 g/mol. The summed E-state index contributed by atoms with van der Waals surface area (Å²) in [6.45, 7) is 6.74. The van der Waals surface area contributed by atoms with Crippen molar-refractivity contribution in [3.8, 4) is 5.75 Å². The lowest BCUT2D eigenvalue weighted by molar-refractivity contribution is 0.0110. The second-order valence-corrected chi connectivity index (χ2v) is 7.37. The van der Waals surface area contributed by atoms with E-state index in [0.717, 1.165) is 24.9 Å². The van der Waals surface area contributed by atoms with E-state index in [0.29, 0.717) is 24.8 Å². The number of rotatable bonds is 4. The van der Waals surface area contributed by atoms with Gasteiger partial charge < -0.3 is 25.4 Å². The van der Waals surface area contributed by atoms with Crippen LogP contribution in [0.4, 0.5) is 10.5 Å². The number of piperidine rings is 1. The number of nitrogens with two attached hydrogens (primary N) is 1. The van der Waals surface area contributed by atoms with E-state index in [1.54, 1.807) is 12.0 Å². The molecule has 1 fully saturated rings. The van der Waals surface area contributed by atoms with Gasteiger partial charge >= 0.3 is 6.09 Å². The lowest BCUT2D eigenvalue weighted by atomic mass is 10.0. The molecule has 0 bridgehead atoms. The van der Waals surface area contributed by atoms with Crippen molar-refractivity contribution >= 4 is 41.7 Å². The van der Waals surface area contributed by atoms with Crippen molar-refractivity contribution in [2.45, 2.75) is 51.7 Å². The summed E-state index contributed by atoms with van der Waals surface area (Å²) in [4.78, 5) is 18.6. The highest BCUT2D eigenvalue weighted by atomic mass is 127. The third-order valence-corrected chi connectivity index (χ3v) is 4.10. The molecule has 8 heteroatoms. The molecule has 2 rings (SSSR count). The Morgan fingerprint density at radius 1 is 1.33 bits per heavy atom. The van der Waals surface area contributed by atoms with Gasteiger partial charge in [0.2, 0.25) is 0 Å². The van der Waals surface area contributed by atoms with Gasteiger partial charge in [-0.3, -0.25) is 4.99 Å². The van der Waals surface area contributed by atoms with Crippen LogP contribution in [-0.4, -0.2) is 48.8 Å². The number of carbonyl (C=O) groups excluding carboxylic acids is 1. The largest absolute Gasteiger partial charge is 0.495 e. The number of guanidine groups is 1. The molecule has 1 unspecified atom stereocenters. The fourth-order valence-corrected chi connectivity index (χ4v) is 2.88. The number of methoxy groups -OCH3 is 1.